The number of nitrogens with one attached hydrogen (secondary N) is 1. The van der Waals surface area contributed by atoms with Gasteiger partial charge in [-0.15, -0.1) is 0 Å². The third-order valence-corrected chi connectivity index (χ3v) is 7.20. The van der Waals surface area contributed by atoms with Crippen molar-refractivity contribution in [3.05, 3.63) is 63.3 Å². The number of benzene rings is 2. The van der Waals surface area contributed by atoms with E-state index in [1.165, 1.54) is 11.0 Å². The van der Waals surface area contributed by atoms with Crippen LogP contribution >= 0.6 is 27.5 Å². The SMILES string of the molecule is CC[C@@H](C)NC(=O)[C@@H](C)N(Cc1cccc(Br)c1)C(=O)CN(c1ccc(F)c(Cl)c1)S(C)(=O)=O. The van der Waals surface area contributed by atoms with Crippen LogP contribution in [-0.4, -0.2) is 50.0 Å². The van der Waals surface area contributed by atoms with Gasteiger partial charge >= 0.3 is 0 Å². The molecule has 0 heterocycles. The first-order chi connectivity index (χ1) is 15.8. The first-order valence-electron chi connectivity index (χ1n) is 10.6. The van der Waals surface area contributed by atoms with Crippen LogP contribution in [0.25, 0.3) is 0 Å². The van der Waals surface area contributed by atoms with E-state index in [1.807, 2.05) is 26.0 Å². The van der Waals surface area contributed by atoms with E-state index in [9.17, 15) is 22.4 Å². The van der Waals surface area contributed by atoms with E-state index in [0.717, 1.165) is 32.7 Å². The van der Waals surface area contributed by atoms with E-state index in [2.05, 4.69) is 21.2 Å². The fourth-order valence-electron chi connectivity index (χ4n) is 3.13. The lowest BCUT2D eigenvalue weighted by Crippen LogP contribution is -2.52. The molecule has 34 heavy (non-hydrogen) atoms. The molecule has 0 aliphatic carbocycles. The summed E-state index contributed by atoms with van der Waals surface area (Å²) >= 11 is 9.23. The Morgan fingerprint density at radius 3 is 2.41 bits per heavy atom. The predicted molar refractivity (Wildman–Crippen MR) is 136 cm³/mol. The molecule has 7 nitrogen and oxygen atoms in total. The number of hydrogen-bond donors (Lipinski definition) is 1. The fourth-order valence-corrected chi connectivity index (χ4v) is 4.60. The number of hydrogen-bond acceptors (Lipinski definition) is 4. The van der Waals surface area contributed by atoms with Gasteiger partial charge in [0.2, 0.25) is 21.8 Å². The number of halogens is 3. The van der Waals surface area contributed by atoms with Crippen LogP contribution in [0.5, 0.6) is 0 Å². The number of anilines is 1. The second kappa shape index (κ2) is 12.0. The standard InChI is InChI=1S/C23H28BrClFN3O4S/c1-5-15(2)27-23(31)16(3)28(13-17-7-6-8-18(24)11-17)22(30)14-29(34(4,32)33)19-9-10-21(26)20(25)12-19/h6-12,15-16H,5,13-14H2,1-4H3,(H,27,31)/t15-,16-/m1/s1. The summed E-state index contributed by atoms with van der Waals surface area (Å²) in [7, 11) is -3.93. The smallest absolute Gasteiger partial charge is 0.244 e. The Morgan fingerprint density at radius 2 is 1.85 bits per heavy atom. The van der Waals surface area contributed by atoms with Gasteiger partial charge in [0.25, 0.3) is 0 Å². The third kappa shape index (κ3) is 7.68. The molecule has 2 aromatic rings. The van der Waals surface area contributed by atoms with Gasteiger partial charge in [-0.3, -0.25) is 13.9 Å². The van der Waals surface area contributed by atoms with Crippen molar-refractivity contribution in [1.29, 1.82) is 0 Å². The summed E-state index contributed by atoms with van der Waals surface area (Å²) in [5.74, 6) is -1.66. The molecule has 2 aromatic carbocycles. The first-order valence-corrected chi connectivity index (χ1v) is 13.6. The van der Waals surface area contributed by atoms with Crippen LogP contribution in [0.4, 0.5) is 10.1 Å². The zero-order valence-corrected chi connectivity index (χ0v) is 22.5. The van der Waals surface area contributed by atoms with Crippen molar-refractivity contribution in [3.8, 4) is 0 Å². The molecular formula is C23H28BrClFN3O4S. The number of amides is 2. The van der Waals surface area contributed by atoms with Crippen LogP contribution < -0.4 is 9.62 Å². The van der Waals surface area contributed by atoms with E-state index < -0.39 is 34.3 Å². The normalized spacial score (nSPS) is 13.1. The Kier molecular flexibility index (Phi) is 9.90. The minimum Gasteiger partial charge on any atom is -0.352 e. The average molecular weight is 577 g/mol. The molecule has 0 bridgehead atoms. The van der Waals surface area contributed by atoms with Gasteiger partial charge in [-0.1, -0.05) is 46.6 Å². The van der Waals surface area contributed by atoms with E-state index in [4.69, 9.17) is 11.6 Å². The number of nitrogens with zero attached hydrogens (tertiary/aromatic N) is 2. The summed E-state index contributed by atoms with van der Waals surface area (Å²) in [4.78, 5) is 27.6. The van der Waals surface area contributed by atoms with Gasteiger partial charge in [0.1, 0.15) is 18.4 Å². The second-order valence-electron chi connectivity index (χ2n) is 8.01. The predicted octanol–water partition coefficient (Wildman–Crippen LogP) is 4.34. The Hall–Kier alpha value is -2.17. The Bertz CT molecular complexity index is 1150. The number of sulfonamides is 1. The summed E-state index contributed by atoms with van der Waals surface area (Å²) < 4.78 is 40.3. The molecule has 0 aliphatic rings. The molecule has 0 spiro atoms. The molecule has 11 heteroatoms. The highest BCUT2D eigenvalue weighted by Gasteiger charge is 2.30. The zero-order valence-electron chi connectivity index (χ0n) is 19.4. The Labute approximate surface area is 213 Å². The van der Waals surface area contributed by atoms with Gasteiger partial charge in [0, 0.05) is 17.1 Å². The quantitative estimate of drug-likeness (QED) is 0.456. The lowest BCUT2D eigenvalue weighted by atomic mass is 10.1. The van der Waals surface area contributed by atoms with Crippen molar-refractivity contribution in [3.63, 3.8) is 0 Å². The van der Waals surface area contributed by atoms with Crippen LogP contribution in [0, 0.1) is 5.82 Å². The molecule has 186 valence electrons. The number of carbonyl (C=O) groups is 2. The van der Waals surface area contributed by atoms with Crippen LogP contribution in [0.3, 0.4) is 0 Å². The summed E-state index contributed by atoms with van der Waals surface area (Å²) in [5, 5.41) is 2.59. The molecule has 0 unspecified atom stereocenters. The van der Waals surface area contributed by atoms with E-state index >= 15 is 0 Å². The maximum Gasteiger partial charge on any atom is 0.244 e. The summed E-state index contributed by atoms with van der Waals surface area (Å²) in [6.07, 6.45) is 1.65. The zero-order chi connectivity index (χ0) is 25.6. The van der Waals surface area contributed by atoms with Crippen molar-refractivity contribution >= 4 is 55.1 Å². The highest BCUT2D eigenvalue weighted by Crippen LogP contribution is 2.25. The van der Waals surface area contributed by atoms with Crippen LogP contribution in [-0.2, 0) is 26.2 Å². The van der Waals surface area contributed by atoms with E-state index in [1.54, 1.807) is 19.1 Å². The average Bonchev–Trinajstić information content (AvgIpc) is 2.76. The van der Waals surface area contributed by atoms with Crippen molar-refractivity contribution in [2.24, 2.45) is 0 Å². The highest BCUT2D eigenvalue weighted by molar-refractivity contribution is 9.10. The van der Waals surface area contributed by atoms with Gasteiger partial charge in [0.15, 0.2) is 0 Å². The topological polar surface area (TPSA) is 86.8 Å². The molecule has 0 aliphatic heterocycles. The molecule has 0 aromatic heterocycles. The first kappa shape index (κ1) is 28.1. The molecule has 0 radical (unpaired) electrons. The van der Waals surface area contributed by atoms with Crippen molar-refractivity contribution in [2.75, 3.05) is 17.1 Å². The molecular weight excluding hydrogens is 549 g/mol. The highest BCUT2D eigenvalue weighted by atomic mass is 79.9. The number of carbonyl (C=O) groups excluding carboxylic acids is 2. The van der Waals surface area contributed by atoms with Crippen LogP contribution in [0.15, 0.2) is 46.9 Å². The second-order valence-corrected chi connectivity index (χ2v) is 11.2. The van der Waals surface area contributed by atoms with Gasteiger partial charge in [-0.2, -0.15) is 0 Å². The fraction of sp³-hybridized carbons (Fsp3) is 0.391. The maximum atomic E-state index is 13.6. The third-order valence-electron chi connectivity index (χ3n) is 5.28. The lowest BCUT2D eigenvalue weighted by Gasteiger charge is -2.32. The molecule has 0 saturated carbocycles. The van der Waals surface area contributed by atoms with Gasteiger partial charge in [0.05, 0.1) is 17.0 Å². The van der Waals surface area contributed by atoms with Crippen LogP contribution in [0.1, 0.15) is 32.8 Å². The van der Waals surface area contributed by atoms with Gasteiger partial charge in [-0.25, -0.2) is 12.8 Å². The largest absolute Gasteiger partial charge is 0.352 e. The molecule has 2 atom stereocenters. The minimum absolute atomic E-state index is 0.0429. The minimum atomic E-state index is -3.93. The molecule has 2 amide bonds. The van der Waals surface area contributed by atoms with Crippen molar-refractivity contribution in [1.82, 2.24) is 10.2 Å². The molecule has 1 N–H and O–H groups in total. The maximum absolute atomic E-state index is 13.6. The Morgan fingerprint density at radius 1 is 1.18 bits per heavy atom. The van der Waals surface area contributed by atoms with Crippen molar-refractivity contribution < 1.29 is 22.4 Å². The molecule has 2 rings (SSSR count). The molecule has 0 saturated heterocycles. The molecule has 0 fully saturated rings. The Balaban J connectivity index is 2.41. The summed E-state index contributed by atoms with van der Waals surface area (Å²) in [6.45, 7) is 4.87. The van der Waals surface area contributed by atoms with Crippen molar-refractivity contribution in [2.45, 2.75) is 45.8 Å². The van der Waals surface area contributed by atoms with Gasteiger partial charge < -0.3 is 10.2 Å². The van der Waals surface area contributed by atoms with E-state index in [-0.39, 0.29) is 29.2 Å². The van der Waals surface area contributed by atoms with E-state index in [0.29, 0.717) is 6.42 Å². The lowest BCUT2D eigenvalue weighted by molar-refractivity contribution is -0.139. The monoisotopic (exact) mass is 575 g/mol. The van der Waals surface area contributed by atoms with Gasteiger partial charge in [-0.05, 0) is 56.2 Å². The number of rotatable bonds is 10. The van der Waals surface area contributed by atoms with Crippen LogP contribution in [0.2, 0.25) is 5.02 Å². The summed E-state index contributed by atoms with van der Waals surface area (Å²) in [5.41, 5.74) is 0.794. The summed E-state index contributed by atoms with van der Waals surface area (Å²) in [6, 6.07) is 9.68.